The van der Waals surface area contributed by atoms with E-state index in [0.717, 1.165) is 24.6 Å². The third-order valence-corrected chi connectivity index (χ3v) is 4.07. The Kier molecular flexibility index (Phi) is 5.28. The standard InChI is InChI=1S/C15H19N7S/c1-12(19-10-13-3-5-16-6-4-13)2-7-18-15-20-14(21-23-15)22-9-8-17-11-22/h3-6,8-9,11-12,19H,2,7,10H2,1H3,(H,18,20,21). The monoisotopic (exact) mass is 329 g/mol. The number of pyridine rings is 1. The lowest BCUT2D eigenvalue weighted by atomic mass is 10.2. The highest BCUT2D eigenvalue weighted by Gasteiger charge is 2.06. The minimum absolute atomic E-state index is 0.414. The highest BCUT2D eigenvalue weighted by atomic mass is 32.1. The molecule has 0 amide bonds. The molecule has 0 saturated carbocycles. The number of hydrogen-bond acceptors (Lipinski definition) is 7. The van der Waals surface area contributed by atoms with Gasteiger partial charge in [-0.25, -0.2) is 4.98 Å². The van der Waals surface area contributed by atoms with Crippen LogP contribution in [-0.2, 0) is 6.54 Å². The Balaban J connectivity index is 1.39. The highest BCUT2D eigenvalue weighted by molar-refractivity contribution is 7.09. The van der Waals surface area contributed by atoms with Gasteiger partial charge in [0.2, 0.25) is 11.1 Å². The van der Waals surface area contributed by atoms with Crippen molar-refractivity contribution in [3.05, 3.63) is 48.8 Å². The Labute approximate surface area is 139 Å². The van der Waals surface area contributed by atoms with Gasteiger partial charge in [0.05, 0.1) is 0 Å². The molecule has 0 bridgehead atoms. The first-order chi connectivity index (χ1) is 11.3. The number of aromatic nitrogens is 5. The summed E-state index contributed by atoms with van der Waals surface area (Å²) < 4.78 is 6.09. The van der Waals surface area contributed by atoms with Crippen LogP contribution in [0.15, 0.2) is 43.2 Å². The Morgan fingerprint density at radius 3 is 2.87 bits per heavy atom. The Morgan fingerprint density at radius 1 is 1.22 bits per heavy atom. The van der Waals surface area contributed by atoms with Crippen LogP contribution >= 0.6 is 11.5 Å². The smallest absolute Gasteiger partial charge is 0.248 e. The maximum absolute atomic E-state index is 4.44. The molecule has 120 valence electrons. The minimum atomic E-state index is 0.414. The summed E-state index contributed by atoms with van der Waals surface area (Å²) in [5.74, 6) is 0.652. The summed E-state index contributed by atoms with van der Waals surface area (Å²) in [6, 6.07) is 4.46. The fourth-order valence-electron chi connectivity index (χ4n) is 2.06. The zero-order valence-electron chi connectivity index (χ0n) is 12.9. The van der Waals surface area contributed by atoms with E-state index in [2.05, 4.69) is 36.9 Å². The first kappa shape index (κ1) is 15.6. The second-order valence-corrected chi connectivity index (χ2v) is 5.97. The Bertz CT molecular complexity index is 696. The highest BCUT2D eigenvalue weighted by Crippen LogP contribution is 2.13. The molecule has 3 heterocycles. The number of imidazole rings is 1. The van der Waals surface area contributed by atoms with Crippen LogP contribution in [0.2, 0.25) is 0 Å². The third-order valence-electron chi connectivity index (χ3n) is 3.41. The van der Waals surface area contributed by atoms with Crippen molar-refractivity contribution in [3.8, 4) is 5.95 Å². The van der Waals surface area contributed by atoms with Gasteiger partial charge in [-0.2, -0.15) is 9.36 Å². The van der Waals surface area contributed by atoms with E-state index in [-0.39, 0.29) is 0 Å². The zero-order valence-corrected chi connectivity index (χ0v) is 13.7. The predicted molar refractivity (Wildman–Crippen MR) is 90.7 cm³/mol. The van der Waals surface area contributed by atoms with E-state index < -0.39 is 0 Å². The van der Waals surface area contributed by atoms with Crippen LogP contribution in [0, 0.1) is 0 Å². The van der Waals surface area contributed by atoms with Crippen molar-refractivity contribution >= 4 is 16.7 Å². The molecule has 0 fully saturated rings. The molecular weight excluding hydrogens is 310 g/mol. The molecule has 7 nitrogen and oxygen atoms in total. The zero-order chi connectivity index (χ0) is 15.9. The summed E-state index contributed by atoms with van der Waals surface area (Å²) in [7, 11) is 0. The second kappa shape index (κ2) is 7.80. The molecule has 3 aromatic heterocycles. The molecule has 0 aromatic carbocycles. The lowest BCUT2D eigenvalue weighted by Gasteiger charge is -2.13. The molecule has 23 heavy (non-hydrogen) atoms. The van der Waals surface area contributed by atoms with Crippen molar-refractivity contribution in [2.45, 2.75) is 25.9 Å². The first-order valence-electron chi connectivity index (χ1n) is 7.49. The van der Waals surface area contributed by atoms with Gasteiger partial charge in [0.1, 0.15) is 6.33 Å². The quantitative estimate of drug-likeness (QED) is 0.659. The lowest BCUT2D eigenvalue weighted by Crippen LogP contribution is -2.27. The van der Waals surface area contributed by atoms with Gasteiger partial charge in [-0.05, 0) is 31.0 Å². The largest absolute Gasteiger partial charge is 0.360 e. The Morgan fingerprint density at radius 2 is 2.09 bits per heavy atom. The van der Waals surface area contributed by atoms with Crippen LogP contribution in [0.5, 0.6) is 0 Å². The average Bonchev–Trinajstić information content (AvgIpc) is 3.25. The molecule has 1 unspecified atom stereocenters. The van der Waals surface area contributed by atoms with Crippen molar-refractivity contribution in [2.75, 3.05) is 11.9 Å². The summed E-state index contributed by atoms with van der Waals surface area (Å²) in [5, 5.41) is 7.65. The summed E-state index contributed by atoms with van der Waals surface area (Å²) >= 11 is 1.36. The SMILES string of the molecule is CC(CCNc1nc(-n2ccnc2)ns1)NCc1ccncc1. The van der Waals surface area contributed by atoms with Gasteiger partial charge in [-0.3, -0.25) is 9.55 Å². The van der Waals surface area contributed by atoms with Crippen LogP contribution in [-0.4, -0.2) is 36.5 Å². The molecular formula is C15H19N7S. The van der Waals surface area contributed by atoms with Crippen LogP contribution in [0.1, 0.15) is 18.9 Å². The first-order valence-corrected chi connectivity index (χ1v) is 8.27. The van der Waals surface area contributed by atoms with Crippen LogP contribution < -0.4 is 10.6 Å². The van der Waals surface area contributed by atoms with Gasteiger partial charge in [-0.15, -0.1) is 0 Å². The number of nitrogens with one attached hydrogen (secondary N) is 2. The summed E-state index contributed by atoms with van der Waals surface area (Å²) in [4.78, 5) is 12.4. The molecule has 0 radical (unpaired) electrons. The third kappa shape index (κ3) is 4.57. The number of rotatable bonds is 8. The van der Waals surface area contributed by atoms with E-state index >= 15 is 0 Å². The van der Waals surface area contributed by atoms with E-state index in [9.17, 15) is 0 Å². The Hall–Kier alpha value is -2.32. The van der Waals surface area contributed by atoms with E-state index in [0.29, 0.717) is 12.0 Å². The van der Waals surface area contributed by atoms with Gasteiger partial charge in [0, 0.05) is 55.5 Å². The van der Waals surface area contributed by atoms with Crippen molar-refractivity contribution in [2.24, 2.45) is 0 Å². The van der Waals surface area contributed by atoms with Gasteiger partial charge >= 0.3 is 0 Å². The molecule has 3 aromatic rings. The van der Waals surface area contributed by atoms with Crippen LogP contribution in [0.25, 0.3) is 5.95 Å². The number of nitrogens with zero attached hydrogens (tertiary/aromatic N) is 5. The maximum atomic E-state index is 4.44. The summed E-state index contributed by atoms with van der Waals surface area (Å²) in [5.41, 5.74) is 1.24. The van der Waals surface area contributed by atoms with Crippen molar-refractivity contribution in [1.29, 1.82) is 0 Å². The van der Waals surface area contributed by atoms with Crippen molar-refractivity contribution in [3.63, 3.8) is 0 Å². The minimum Gasteiger partial charge on any atom is -0.360 e. The van der Waals surface area contributed by atoms with Crippen molar-refractivity contribution < 1.29 is 0 Å². The van der Waals surface area contributed by atoms with E-state index in [1.807, 2.05) is 30.7 Å². The molecule has 3 rings (SSSR count). The summed E-state index contributed by atoms with van der Waals surface area (Å²) in [6.07, 6.45) is 9.87. The average molecular weight is 329 g/mol. The van der Waals surface area contributed by atoms with Crippen LogP contribution in [0.4, 0.5) is 5.13 Å². The maximum Gasteiger partial charge on any atom is 0.248 e. The van der Waals surface area contributed by atoms with Gasteiger partial charge in [0.25, 0.3) is 0 Å². The summed E-state index contributed by atoms with van der Waals surface area (Å²) in [6.45, 7) is 3.89. The van der Waals surface area contributed by atoms with Gasteiger partial charge < -0.3 is 10.6 Å². The molecule has 0 aliphatic rings. The molecule has 0 aliphatic carbocycles. The molecule has 2 N–H and O–H groups in total. The molecule has 1 atom stereocenters. The van der Waals surface area contributed by atoms with Crippen molar-refractivity contribution in [1.82, 2.24) is 29.2 Å². The molecule has 0 spiro atoms. The molecule has 0 saturated heterocycles. The molecule has 8 heteroatoms. The normalized spacial score (nSPS) is 12.2. The van der Waals surface area contributed by atoms with Crippen LogP contribution in [0.3, 0.4) is 0 Å². The molecule has 0 aliphatic heterocycles. The van der Waals surface area contributed by atoms with E-state index in [4.69, 9.17) is 0 Å². The predicted octanol–water partition coefficient (Wildman–Crippen LogP) is 2.10. The van der Waals surface area contributed by atoms with E-state index in [1.165, 1.54) is 17.1 Å². The second-order valence-electron chi connectivity index (χ2n) is 5.22. The fraction of sp³-hybridized carbons (Fsp3) is 0.333. The van der Waals surface area contributed by atoms with E-state index in [1.54, 1.807) is 17.1 Å². The fourth-order valence-corrected chi connectivity index (χ4v) is 2.65. The van der Waals surface area contributed by atoms with Gasteiger partial charge in [-0.1, -0.05) is 0 Å². The number of hydrogen-bond donors (Lipinski definition) is 2. The lowest BCUT2D eigenvalue weighted by molar-refractivity contribution is 0.525. The van der Waals surface area contributed by atoms with Gasteiger partial charge in [0.15, 0.2) is 0 Å². The topological polar surface area (TPSA) is 80.5 Å². The number of anilines is 1.